The quantitative estimate of drug-likeness (QED) is 0.718. The van der Waals surface area contributed by atoms with Crippen LogP contribution in [-0.4, -0.2) is 34.3 Å². The van der Waals surface area contributed by atoms with Crippen LogP contribution in [0.2, 0.25) is 0 Å². The molecule has 1 heterocycles. The third-order valence-corrected chi connectivity index (χ3v) is 2.89. The molecule has 0 fully saturated rings. The van der Waals surface area contributed by atoms with Crippen molar-refractivity contribution in [1.29, 1.82) is 0 Å². The molecule has 0 bridgehead atoms. The summed E-state index contributed by atoms with van der Waals surface area (Å²) in [6.07, 6.45) is 2.45. The Morgan fingerprint density at radius 1 is 1.20 bits per heavy atom. The molecule has 0 aliphatic rings. The topological polar surface area (TPSA) is 70.1 Å². The third-order valence-electron chi connectivity index (χ3n) is 2.89. The minimum absolute atomic E-state index is 0.0510. The van der Waals surface area contributed by atoms with Gasteiger partial charge in [-0.1, -0.05) is 30.3 Å². The first-order valence-electron chi connectivity index (χ1n) is 6.80. The molecule has 0 spiro atoms. The molecule has 0 aliphatic carbocycles. The maximum absolute atomic E-state index is 9.50. The second-order valence-corrected chi connectivity index (χ2v) is 4.51. The number of benzene rings is 1. The summed E-state index contributed by atoms with van der Waals surface area (Å²) in [6.45, 7) is 2.82. The van der Waals surface area contributed by atoms with Crippen molar-refractivity contribution in [3.05, 3.63) is 48.2 Å². The van der Waals surface area contributed by atoms with Gasteiger partial charge in [-0.25, -0.2) is 4.98 Å². The molecule has 0 radical (unpaired) electrons. The van der Waals surface area contributed by atoms with E-state index in [1.165, 1.54) is 5.56 Å². The van der Waals surface area contributed by atoms with Crippen LogP contribution in [-0.2, 0) is 6.42 Å². The number of nitrogens with one attached hydrogen (secondary N) is 2. The monoisotopic (exact) mass is 272 g/mol. The van der Waals surface area contributed by atoms with Crippen molar-refractivity contribution in [1.82, 2.24) is 9.97 Å². The van der Waals surface area contributed by atoms with Crippen molar-refractivity contribution in [3.8, 4) is 0 Å². The standard InChI is InChI=1S/C15H20N4O/c1-2-16-15-17-9-8-14(19-15)18-13(11-20)10-12-6-4-3-5-7-12/h3-9,13,20H,2,10-11H2,1H3,(H2,16,17,18,19). The van der Waals surface area contributed by atoms with Gasteiger partial charge in [-0.15, -0.1) is 0 Å². The van der Waals surface area contributed by atoms with Crippen LogP contribution in [0.25, 0.3) is 0 Å². The zero-order valence-corrected chi connectivity index (χ0v) is 11.6. The van der Waals surface area contributed by atoms with E-state index >= 15 is 0 Å². The van der Waals surface area contributed by atoms with Gasteiger partial charge in [0.2, 0.25) is 5.95 Å². The maximum Gasteiger partial charge on any atom is 0.224 e. The number of anilines is 2. The lowest BCUT2D eigenvalue weighted by molar-refractivity contribution is 0.273. The molecule has 0 aliphatic heterocycles. The van der Waals surface area contributed by atoms with Gasteiger partial charge in [-0.2, -0.15) is 4.98 Å². The fourth-order valence-corrected chi connectivity index (χ4v) is 1.95. The van der Waals surface area contributed by atoms with Gasteiger partial charge in [0.05, 0.1) is 12.6 Å². The van der Waals surface area contributed by atoms with E-state index in [1.807, 2.05) is 37.3 Å². The summed E-state index contributed by atoms with van der Waals surface area (Å²) in [5.74, 6) is 1.31. The van der Waals surface area contributed by atoms with Crippen LogP contribution >= 0.6 is 0 Å². The molecule has 3 N–H and O–H groups in total. The summed E-state index contributed by atoms with van der Waals surface area (Å²) in [4.78, 5) is 8.47. The van der Waals surface area contributed by atoms with Gasteiger partial charge in [-0.3, -0.25) is 0 Å². The average Bonchev–Trinajstić information content (AvgIpc) is 2.48. The Bertz CT molecular complexity index is 518. The van der Waals surface area contributed by atoms with Gasteiger partial charge < -0.3 is 15.7 Å². The van der Waals surface area contributed by atoms with Crippen LogP contribution < -0.4 is 10.6 Å². The van der Waals surface area contributed by atoms with E-state index in [0.29, 0.717) is 11.8 Å². The molecule has 1 aromatic carbocycles. The molecule has 5 heteroatoms. The number of aliphatic hydroxyl groups excluding tert-OH is 1. The van der Waals surface area contributed by atoms with E-state index in [2.05, 4.69) is 20.6 Å². The van der Waals surface area contributed by atoms with Crippen molar-refractivity contribution in [2.45, 2.75) is 19.4 Å². The first kappa shape index (κ1) is 14.3. The van der Waals surface area contributed by atoms with Gasteiger partial charge >= 0.3 is 0 Å². The molecule has 2 aromatic rings. The molecular formula is C15H20N4O. The van der Waals surface area contributed by atoms with E-state index in [9.17, 15) is 5.11 Å². The van der Waals surface area contributed by atoms with Crippen molar-refractivity contribution in [2.24, 2.45) is 0 Å². The number of aromatic nitrogens is 2. The molecule has 1 aromatic heterocycles. The molecule has 20 heavy (non-hydrogen) atoms. The summed E-state index contributed by atoms with van der Waals surface area (Å²) in [7, 11) is 0. The highest BCUT2D eigenvalue weighted by Crippen LogP contribution is 2.10. The van der Waals surface area contributed by atoms with E-state index in [-0.39, 0.29) is 12.6 Å². The molecule has 1 unspecified atom stereocenters. The fraction of sp³-hybridized carbons (Fsp3) is 0.333. The van der Waals surface area contributed by atoms with E-state index < -0.39 is 0 Å². The predicted octanol–water partition coefficient (Wildman–Crippen LogP) is 1.92. The van der Waals surface area contributed by atoms with Gasteiger partial charge in [-0.05, 0) is 25.0 Å². The summed E-state index contributed by atoms with van der Waals surface area (Å²) >= 11 is 0. The zero-order valence-electron chi connectivity index (χ0n) is 11.6. The Morgan fingerprint density at radius 3 is 2.70 bits per heavy atom. The minimum Gasteiger partial charge on any atom is -0.394 e. The van der Waals surface area contributed by atoms with Crippen LogP contribution in [0.15, 0.2) is 42.6 Å². The predicted molar refractivity (Wildman–Crippen MR) is 80.8 cm³/mol. The number of aliphatic hydroxyl groups is 1. The Kier molecular flexibility index (Phi) is 5.32. The third kappa shape index (κ3) is 4.20. The van der Waals surface area contributed by atoms with E-state index in [0.717, 1.165) is 13.0 Å². The smallest absolute Gasteiger partial charge is 0.224 e. The molecule has 0 saturated carbocycles. The number of nitrogens with zero attached hydrogens (tertiary/aromatic N) is 2. The number of hydrogen-bond donors (Lipinski definition) is 3. The van der Waals surface area contributed by atoms with E-state index in [1.54, 1.807) is 12.3 Å². The van der Waals surface area contributed by atoms with Crippen LogP contribution in [0.5, 0.6) is 0 Å². The van der Waals surface area contributed by atoms with Crippen LogP contribution in [0.3, 0.4) is 0 Å². The maximum atomic E-state index is 9.50. The second-order valence-electron chi connectivity index (χ2n) is 4.51. The first-order chi connectivity index (χ1) is 9.81. The Balaban J connectivity index is 2.00. The van der Waals surface area contributed by atoms with E-state index in [4.69, 9.17) is 0 Å². The molecule has 0 amide bonds. The minimum atomic E-state index is -0.0678. The summed E-state index contributed by atoms with van der Waals surface area (Å²) in [5.41, 5.74) is 1.18. The van der Waals surface area contributed by atoms with Gasteiger partial charge in [0.25, 0.3) is 0 Å². The average molecular weight is 272 g/mol. The highest BCUT2D eigenvalue weighted by molar-refractivity contribution is 5.40. The Labute approximate surface area is 119 Å². The zero-order chi connectivity index (χ0) is 14.2. The van der Waals surface area contributed by atoms with Gasteiger partial charge in [0, 0.05) is 12.7 Å². The van der Waals surface area contributed by atoms with Crippen LogP contribution in [0.4, 0.5) is 11.8 Å². The van der Waals surface area contributed by atoms with Gasteiger partial charge in [0.1, 0.15) is 5.82 Å². The lowest BCUT2D eigenvalue weighted by atomic mass is 10.1. The van der Waals surface area contributed by atoms with Crippen LogP contribution in [0, 0.1) is 0 Å². The van der Waals surface area contributed by atoms with Crippen LogP contribution in [0.1, 0.15) is 12.5 Å². The molecular weight excluding hydrogens is 252 g/mol. The summed E-state index contributed by atoms with van der Waals surface area (Å²) in [5, 5.41) is 15.8. The molecule has 2 rings (SSSR count). The first-order valence-corrected chi connectivity index (χ1v) is 6.80. The highest BCUT2D eigenvalue weighted by Gasteiger charge is 2.09. The van der Waals surface area contributed by atoms with Crippen molar-refractivity contribution in [3.63, 3.8) is 0 Å². The lowest BCUT2D eigenvalue weighted by Gasteiger charge is -2.17. The highest BCUT2D eigenvalue weighted by atomic mass is 16.3. The molecule has 1 atom stereocenters. The molecule has 0 saturated heterocycles. The number of hydrogen-bond acceptors (Lipinski definition) is 5. The Hall–Kier alpha value is -2.14. The molecule has 5 nitrogen and oxygen atoms in total. The Morgan fingerprint density at radius 2 is 2.00 bits per heavy atom. The largest absolute Gasteiger partial charge is 0.394 e. The normalized spacial score (nSPS) is 11.9. The second kappa shape index (κ2) is 7.45. The summed E-state index contributed by atoms with van der Waals surface area (Å²) in [6, 6.07) is 11.8. The van der Waals surface area contributed by atoms with Crippen molar-refractivity contribution in [2.75, 3.05) is 23.8 Å². The van der Waals surface area contributed by atoms with Crippen molar-refractivity contribution >= 4 is 11.8 Å². The summed E-state index contributed by atoms with van der Waals surface area (Å²) < 4.78 is 0. The SMILES string of the molecule is CCNc1nccc(NC(CO)Cc2ccccc2)n1. The fourth-order valence-electron chi connectivity index (χ4n) is 1.95. The number of rotatable bonds is 7. The van der Waals surface area contributed by atoms with Crippen molar-refractivity contribution < 1.29 is 5.11 Å². The lowest BCUT2D eigenvalue weighted by Crippen LogP contribution is -2.27. The molecule has 106 valence electrons. The van der Waals surface area contributed by atoms with Gasteiger partial charge in [0.15, 0.2) is 0 Å².